The minimum Gasteiger partial charge on any atom is -0.484 e. The largest absolute Gasteiger partial charge is 0.484 e. The minimum absolute atomic E-state index is 0.00744. The van der Waals surface area contributed by atoms with E-state index in [2.05, 4.69) is 9.97 Å². The molecule has 0 radical (unpaired) electrons. The van der Waals surface area contributed by atoms with E-state index in [-0.39, 0.29) is 18.4 Å². The van der Waals surface area contributed by atoms with E-state index in [1.807, 2.05) is 48.2 Å². The molecule has 1 aromatic heterocycles. The zero-order chi connectivity index (χ0) is 20.2. The number of nitrogens with one attached hydrogen (secondary N) is 1. The quantitative estimate of drug-likeness (QED) is 0.740. The van der Waals surface area contributed by atoms with Crippen molar-refractivity contribution < 1.29 is 14.3 Å². The Labute approximate surface area is 169 Å². The van der Waals surface area contributed by atoms with Gasteiger partial charge in [-0.05, 0) is 43.7 Å². The third-order valence-electron chi connectivity index (χ3n) is 5.19. The summed E-state index contributed by atoms with van der Waals surface area (Å²) in [4.78, 5) is 36.2. The number of fused-ring (bicyclic) bond motifs is 1. The lowest BCUT2D eigenvalue weighted by molar-refractivity contribution is -0.133. The second-order valence-corrected chi connectivity index (χ2v) is 7.26. The van der Waals surface area contributed by atoms with Crippen molar-refractivity contribution in [2.75, 3.05) is 32.8 Å². The molecule has 1 saturated heterocycles. The Balaban J connectivity index is 1.33. The lowest BCUT2D eigenvalue weighted by atomic mass is 10.1. The molecule has 3 aromatic rings. The van der Waals surface area contributed by atoms with Crippen molar-refractivity contribution in [3.63, 3.8) is 0 Å². The number of aryl methyl sites for hydroxylation is 1. The molecule has 2 amide bonds. The monoisotopic (exact) mass is 392 g/mol. The van der Waals surface area contributed by atoms with Crippen molar-refractivity contribution in [3.8, 4) is 5.75 Å². The number of carbonyl (C=O) groups is 2. The summed E-state index contributed by atoms with van der Waals surface area (Å²) in [5.41, 5.74) is 3.45. The zero-order valence-electron chi connectivity index (χ0n) is 16.4. The van der Waals surface area contributed by atoms with Crippen molar-refractivity contribution in [1.82, 2.24) is 19.8 Å². The second kappa shape index (κ2) is 8.34. The van der Waals surface area contributed by atoms with Gasteiger partial charge < -0.3 is 19.5 Å². The van der Waals surface area contributed by atoms with Crippen molar-refractivity contribution in [3.05, 3.63) is 59.9 Å². The molecule has 150 valence electrons. The highest BCUT2D eigenvalue weighted by molar-refractivity contribution is 5.97. The number of aromatic nitrogens is 2. The van der Waals surface area contributed by atoms with Gasteiger partial charge in [0.1, 0.15) is 5.75 Å². The van der Waals surface area contributed by atoms with Gasteiger partial charge in [-0.25, -0.2) is 4.98 Å². The summed E-state index contributed by atoms with van der Waals surface area (Å²) < 4.78 is 5.61. The molecule has 0 aliphatic carbocycles. The van der Waals surface area contributed by atoms with E-state index < -0.39 is 0 Å². The molecule has 0 unspecified atom stereocenters. The number of aromatic amines is 1. The Kier molecular flexibility index (Phi) is 5.46. The zero-order valence-corrected chi connectivity index (χ0v) is 16.4. The molecule has 0 spiro atoms. The lowest BCUT2D eigenvalue weighted by Crippen LogP contribution is -2.39. The van der Waals surface area contributed by atoms with Crippen LogP contribution >= 0.6 is 0 Å². The highest BCUT2D eigenvalue weighted by Gasteiger charge is 2.23. The third-order valence-corrected chi connectivity index (χ3v) is 5.19. The first-order chi connectivity index (χ1) is 14.1. The highest BCUT2D eigenvalue weighted by Crippen LogP contribution is 2.16. The van der Waals surface area contributed by atoms with Crippen LogP contribution in [0, 0.1) is 6.92 Å². The standard InChI is InChI=1S/C22H24N4O3/c1-16-3-6-18(7-4-16)29-14-21(27)25-9-2-10-26(12-11-25)22(28)17-5-8-19-20(13-17)24-15-23-19/h3-8,13,15H,2,9-12,14H2,1H3,(H,23,24). The molecule has 29 heavy (non-hydrogen) atoms. The van der Waals surface area contributed by atoms with Crippen molar-refractivity contribution in [2.24, 2.45) is 0 Å². The predicted molar refractivity (Wildman–Crippen MR) is 110 cm³/mol. The van der Waals surface area contributed by atoms with Gasteiger partial charge >= 0.3 is 0 Å². The number of amides is 2. The van der Waals surface area contributed by atoms with Gasteiger partial charge in [-0.15, -0.1) is 0 Å². The molecule has 0 saturated carbocycles. The Hall–Kier alpha value is -3.35. The maximum Gasteiger partial charge on any atom is 0.260 e. The smallest absolute Gasteiger partial charge is 0.260 e. The summed E-state index contributed by atoms with van der Waals surface area (Å²) in [6.07, 6.45) is 2.36. The maximum atomic E-state index is 12.9. The first-order valence-electron chi connectivity index (χ1n) is 9.80. The number of nitrogens with zero attached hydrogens (tertiary/aromatic N) is 3. The van der Waals surface area contributed by atoms with Gasteiger partial charge in [-0.2, -0.15) is 0 Å². The number of imidazole rings is 1. The van der Waals surface area contributed by atoms with Crippen LogP contribution in [0.5, 0.6) is 5.75 Å². The van der Waals surface area contributed by atoms with Crippen LogP contribution in [-0.4, -0.2) is 64.4 Å². The number of benzene rings is 2. The van der Waals surface area contributed by atoms with E-state index >= 15 is 0 Å². The second-order valence-electron chi connectivity index (χ2n) is 7.26. The SMILES string of the molecule is Cc1ccc(OCC(=O)N2CCCN(C(=O)c3ccc4nc[nH]c4c3)CC2)cc1. The molecule has 1 fully saturated rings. The van der Waals surface area contributed by atoms with E-state index in [0.29, 0.717) is 37.5 Å². The van der Waals surface area contributed by atoms with E-state index in [1.54, 1.807) is 17.3 Å². The molecule has 2 aromatic carbocycles. The first-order valence-corrected chi connectivity index (χ1v) is 9.80. The Morgan fingerprint density at radius 3 is 2.62 bits per heavy atom. The van der Waals surface area contributed by atoms with Gasteiger partial charge in [0.2, 0.25) is 0 Å². The van der Waals surface area contributed by atoms with Gasteiger partial charge in [0.15, 0.2) is 6.61 Å². The third kappa shape index (κ3) is 4.39. The van der Waals surface area contributed by atoms with Crippen LogP contribution in [0.2, 0.25) is 0 Å². The predicted octanol–water partition coefficient (Wildman–Crippen LogP) is 2.62. The van der Waals surface area contributed by atoms with Gasteiger partial charge in [0.05, 0.1) is 17.4 Å². The summed E-state index contributed by atoms with van der Waals surface area (Å²) in [5.74, 6) is 0.607. The molecule has 0 atom stereocenters. The highest BCUT2D eigenvalue weighted by atomic mass is 16.5. The summed E-state index contributed by atoms with van der Waals surface area (Å²) >= 11 is 0. The lowest BCUT2D eigenvalue weighted by Gasteiger charge is -2.22. The molecular weight excluding hydrogens is 368 g/mol. The first kappa shape index (κ1) is 19.0. The molecule has 1 aliphatic heterocycles. The molecular formula is C22H24N4O3. The van der Waals surface area contributed by atoms with E-state index in [1.165, 1.54) is 0 Å². The molecule has 7 heteroatoms. The molecule has 7 nitrogen and oxygen atoms in total. The van der Waals surface area contributed by atoms with Crippen LogP contribution < -0.4 is 4.74 Å². The number of carbonyl (C=O) groups excluding carboxylic acids is 2. The summed E-state index contributed by atoms with van der Waals surface area (Å²) in [5, 5.41) is 0. The Morgan fingerprint density at radius 2 is 1.79 bits per heavy atom. The van der Waals surface area contributed by atoms with Crippen molar-refractivity contribution in [2.45, 2.75) is 13.3 Å². The Morgan fingerprint density at radius 1 is 1.03 bits per heavy atom. The van der Waals surface area contributed by atoms with Crippen LogP contribution in [0.25, 0.3) is 11.0 Å². The summed E-state index contributed by atoms with van der Waals surface area (Å²) in [6.45, 7) is 4.28. The number of rotatable bonds is 4. The molecule has 1 N–H and O–H groups in total. The fourth-order valence-electron chi connectivity index (χ4n) is 3.49. The van der Waals surface area contributed by atoms with Crippen molar-refractivity contribution >= 4 is 22.8 Å². The van der Waals surface area contributed by atoms with Crippen molar-refractivity contribution in [1.29, 1.82) is 0 Å². The topological polar surface area (TPSA) is 78.5 Å². The average Bonchev–Trinajstić information content (AvgIpc) is 3.07. The number of H-pyrrole nitrogens is 1. The molecule has 2 heterocycles. The molecule has 0 bridgehead atoms. The Bertz CT molecular complexity index is 1010. The molecule has 1 aliphatic rings. The van der Waals surface area contributed by atoms with E-state index in [0.717, 1.165) is 23.0 Å². The summed E-state index contributed by atoms with van der Waals surface area (Å²) in [7, 11) is 0. The van der Waals surface area contributed by atoms with Crippen LogP contribution in [0.4, 0.5) is 0 Å². The normalized spacial score (nSPS) is 14.7. The van der Waals surface area contributed by atoms with Gasteiger partial charge in [-0.1, -0.05) is 17.7 Å². The van der Waals surface area contributed by atoms with E-state index in [4.69, 9.17) is 4.74 Å². The minimum atomic E-state index is -0.0567. The fourth-order valence-corrected chi connectivity index (χ4v) is 3.49. The summed E-state index contributed by atoms with van der Waals surface area (Å²) in [6, 6.07) is 13.1. The number of hydrogen-bond donors (Lipinski definition) is 1. The number of ether oxygens (including phenoxy) is 1. The number of hydrogen-bond acceptors (Lipinski definition) is 4. The average molecular weight is 392 g/mol. The van der Waals surface area contributed by atoms with Gasteiger partial charge in [0, 0.05) is 31.7 Å². The van der Waals surface area contributed by atoms with Crippen LogP contribution in [-0.2, 0) is 4.79 Å². The van der Waals surface area contributed by atoms with Crippen LogP contribution in [0.15, 0.2) is 48.8 Å². The van der Waals surface area contributed by atoms with Gasteiger partial charge in [-0.3, -0.25) is 9.59 Å². The van der Waals surface area contributed by atoms with E-state index in [9.17, 15) is 9.59 Å². The molecule has 4 rings (SSSR count). The fraction of sp³-hybridized carbons (Fsp3) is 0.318. The van der Waals surface area contributed by atoms with Crippen LogP contribution in [0.3, 0.4) is 0 Å². The van der Waals surface area contributed by atoms with Gasteiger partial charge in [0.25, 0.3) is 11.8 Å². The van der Waals surface area contributed by atoms with Crippen LogP contribution in [0.1, 0.15) is 22.3 Å². The maximum absolute atomic E-state index is 12.9.